The van der Waals surface area contributed by atoms with Crippen LogP contribution in [0.3, 0.4) is 0 Å². The number of pyridine rings is 1. The maximum absolute atomic E-state index is 4.43. The number of fused-ring (bicyclic) bond motifs is 1. The van der Waals surface area contributed by atoms with Gasteiger partial charge >= 0.3 is 0 Å². The van der Waals surface area contributed by atoms with E-state index in [9.17, 15) is 0 Å². The first kappa shape index (κ1) is 17.8. The van der Waals surface area contributed by atoms with E-state index in [2.05, 4.69) is 83.0 Å². The molecule has 0 N–H and O–H groups in total. The molecule has 4 rings (SSSR count). The molecule has 0 saturated carbocycles. The number of anilines is 1. The summed E-state index contributed by atoms with van der Waals surface area (Å²) in [5, 5.41) is 0. The molecule has 0 spiro atoms. The molecule has 1 aromatic carbocycles. The van der Waals surface area contributed by atoms with Crippen LogP contribution in [-0.2, 0) is 13.1 Å². The Morgan fingerprint density at radius 3 is 2.56 bits per heavy atom. The number of aromatic nitrogens is 2. The SMILES string of the molecule is CC(C)CN1CN(C)Cc2cn(Cc3ccc(-c4ccccn4)cc3)cc21. The van der Waals surface area contributed by atoms with Crippen molar-refractivity contribution in [3.63, 3.8) is 0 Å². The van der Waals surface area contributed by atoms with Gasteiger partial charge in [-0.1, -0.05) is 44.2 Å². The maximum Gasteiger partial charge on any atom is 0.0708 e. The van der Waals surface area contributed by atoms with Gasteiger partial charge in [-0.3, -0.25) is 9.88 Å². The summed E-state index contributed by atoms with van der Waals surface area (Å²) in [6, 6.07) is 14.8. The van der Waals surface area contributed by atoms with Crippen molar-refractivity contribution in [1.29, 1.82) is 0 Å². The van der Waals surface area contributed by atoms with Crippen molar-refractivity contribution in [2.75, 3.05) is 25.2 Å². The number of benzene rings is 1. The lowest BCUT2D eigenvalue weighted by molar-refractivity contribution is 0.304. The normalized spacial score (nSPS) is 14.6. The standard InChI is InChI=1S/C23H28N4/c1-18(2)12-27-17-25(3)14-21-15-26(16-23(21)27)13-19-7-9-20(10-8-19)22-6-4-5-11-24-22/h4-11,15-16,18H,12-14,17H2,1-3H3. The number of rotatable bonds is 5. The molecule has 140 valence electrons. The Labute approximate surface area is 162 Å². The molecule has 0 amide bonds. The van der Waals surface area contributed by atoms with E-state index in [1.54, 1.807) is 0 Å². The summed E-state index contributed by atoms with van der Waals surface area (Å²) in [7, 11) is 2.20. The van der Waals surface area contributed by atoms with Gasteiger partial charge in [-0.2, -0.15) is 0 Å². The van der Waals surface area contributed by atoms with Gasteiger partial charge in [0.15, 0.2) is 0 Å². The Bertz CT molecular complexity index is 881. The minimum absolute atomic E-state index is 0.659. The monoisotopic (exact) mass is 360 g/mol. The molecule has 0 saturated heterocycles. The van der Waals surface area contributed by atoms with Gasteiger partial charge in [-0.15, -0.1) is 0 Å². The largest absolute Gasteiger partial charge is 0.357 e. The Hall–Kier alpha value is -2.59. The van der Waals surface area contributed by atoms with Gasteiger partial charge in [-0.25, -0.2) is 0 Å². The van der Waals surface area contributed by atoms with Gasteiger partial charge in [0.1, 0.15) is 0 Å². The zero-order valence-corrected chi connectivity index (χ0v) is 16.5. The molecule has 2 aromatic heterocycles. The summed E-state index contributed by atoms with van der Waals surface area (Å²) in [5.74, 6) is 0.659. The topological polar surface area (TPSA) is 24.3 Å². The Morgan fingerprint density at radius 2 is 1.85 bits per heavy atom. The molecule has 1 aliphatic heterocycles. The second-order valence-corrected chi connectivity index (χ2v) is 8.02. The molecular formula is C23H28N4. The quantitative estimate of drug-likeness (QED) is 0.671. The van der Waals surface area contributed by atoms with Crippen molar-refractivity contribution in [1.82, 2.24) is 14.5 Å². The highest BCUT2D eigenvalue weighted by Crippen LogP contribution is 2.29. The summed E-state index contributed by atoms with van der Waals surface area (Å²) in [4.78, 5) is 9.32. The van der Waals surface area contributed by atoms with Gasteiger partial charge in [0, 0.05) is 49.4 Å². The summed E-state index contributed by atoms with van der Waals surface area (Å²) in [5.41, 5.74) is 6.32. The van der Waals surface area contributed by atoms with Crippen LogP contribution in [0.1, 0.15) is 25.0 Å². The average molecular weight is 361 g/mol. The molecule has 0 aliphatic carbocycles. The van der Waals surface area contributed by atoms with E-state index in [4.69, 9.17) is 0 Å². The zero-order chi connectivity index (χ0) is 18.8. The molecule has 0 fully saturated rings. The molecule has 3 aromatic rings. The second kappa shape index (κ2) is 7.57. The lowest BCUT2D eigenvalue weighted by Gasteiger charge is -2.35. The van der Waals surface area contributed by atoms with Crippen LogP contribution in [0.4, 0.5) is 5.69 Å². The fourth-order valence-corrected chi connectivity index (χ4v) is 3.87. The van der Waals surface area contributed by atoms with Crippen LogP contribution < -0.4 is 4.90 Å². The molecule has 1 aliphatic rings. The highest BCUT2D eigenvalue weighted by molar-refractivity contribution is 5.59. The summed E-state index contributed by atoms with van der Waals surface area (Å²) < 4.78 is 2.33. The molecule has 0 unspecified atom stereocenters. The van der Waals surface area contributed by atoms with E-state index in [1.807, 2.05) is 18.3 Å². The van der Waals surface area contributed by atoms with E-state index in [0.717, 1.165) is 37.6 Å². The summed E-state index contributed by atoms with van der Waals surface area (Å²) in [6.45, 7) is 8.60. The van der Waals surface area contributed by atoms with Gasteiger partial charge in [0.05, 0.1) is 18.1 Å². The lowest BCUT2D eigenvalue weighted by Crippen LogP contribution is -2.41. The van der Waals surface area contributed by atoms with Crippen molar-refractivity contribution in [2.45, 2.75) is 26.9 Å². The predicted octanol–water partition coefficient (Wildman–Crippen LogP) is 4.46. The molecular weight excluding hydrogens is 332 g/mol. The van der Waals surface area contributed by atoms with E-state index in [-0.39, 0.29) is 0 Å². The number of hydrogen-bond acceptors (Lipinski definition) is 3. The molecule has 0 atom stereocenters. The van der Waals surface area contributed by atoms with Crippen LogP contribution in [0.2, 0.25) is 0 Å². The van der Waals surface area contributed by atoms with Crippen LogP contribution in [0, 0.1) is 5.92 Å². The summed E-state index contributed by atoms with van der Waals surface area (Å²) in [6.07, 6.45) is 6.47. The maximum atomic E-state index is 4.43. The van der Waals surface area contributed by atoms with E-state index < -0.39 is 0 Å². The molecule has 4 nitrogen and oxygen atoms in total. The molecule has 3 heterocycles. The van der Waals surface area contributed by atoms with Crippen molar-refractivity contribution >= 4 is 5.69 Å². The van der Waals surface area contributed by atoms with Crippen molar-refractivity contribution < 1.29 is 0 Å². The minimum Gasteiger partial charge on any atom is -0.357 e. The Balaban J connectivity index is 1.52. The van der Waals surface area contributed by atoms with E-state index >= 15 is 0 Å². The van der Waals surface area contributed by atoms with Crippen LogP contribution in [0.15, 0.2) is 61.1 Å². The smallest absolute Gasteiger partial charge is 0.0708 e. The molecule has 0 bridgehead atoms. The fraction of sp³-hybridized carbons (Fsp3) is 0.348. The van der Waals surface area contributed by atoms with Gasteiger partial charge in [0.25, 0.3) is 0 Å². The molecule has 0 radical (unpaired) electrons. The van der Waals surface area contributed by atoms with E-state index in [1.165, 1.54) is 16.8 Å². The lowest BCUT2D eigenvalue weighted by atomic mass is 10.1. The first-order chi connectivity index (χ1) is 13.1. The zero-order valence-electron chi connectivity index (χ0n) is 16.5. The van der Waals surface area contributed by atoms with Gasteiger partial charge in [-0.05, 0) is 30.7 Å². The summed E-state index contributed by atoms with van der Waals surface area (Å²) >= 11 is 0. The predicted molar refractivity (Wildman–Crippen MR) is 112 cm³/mol. The van der Waals surface area contributed by atoms with Gasteiger partial charge in [0.2, 0.25) is 0 Å². The second-order valence-electron chi connectivity index (χ2n) is 8.02. The minimum atomic E-state index is 0.659. The highest BCUT2D eigenvalue weighted by Gasteiger charge is 2.22. The number of nitrogens with zero attached hydrogens (tertiary/aromatic N) is 4. The third-order valence-corrected chi connectivity index (χ3v) is 5.00. The van der Waals surface area contributed by atoms with E-state index in [0.29, 0.717) is 5.92 Å². The molecule has 27 heavy (non-hydrogen) atoms. The Kier molecular flexibility index (Phi) is 4.99. The first-order valence-electron chi connectivity index (χ1n) is 9.71. The third-order valence-electron chi connectivity index (χ3n) is 5.00. The van der Waals surface area contributed by atoms with Crippen LogP contribution in [0.25, 0.3) is 11.3 Å². The third kappa shape index (κ3) is 4.06. The Morgan fingerprint density at radius 1 is 1.04 bits per heavy atom. The van der Waals surface area contributed by atoms with Crippen molar-refractivity contribution in [2.24, 2.45) is 5.92 Å². The van der Waals surface area contributed by atoms with Crippen molar-refractivity contribution in [3.05, 3.63) is 72.2 Å². The average Bonchev–Trinajstić information content (AvgIpc) is 3.05. The van der Waals surface area contributed by atoms with Gasteiger partial charge < -0.3 is 9.47 Å². The fourth-order valence-electron chi connectivity index (χ4n) is 3.87. The first-order valence-corrected chi connectivity index (χ1v) is 9.71. The van der Waals surface area contributed by atoms with Crippen LogP contribution in [0.5, 0.6) is 0 Å². The van der Waals surface area contributed by atoms with Crippen LogP contribution >= 0.6 is 0 Å². The van der Waals surface area contributed by atoms with Crippen molar-refractivity contribution in [3.8, 4) is 11.3 Å². The highest BCUT2D eigenvalue weighted by atomic mass is 15.3. The van der Waals surface area contributed by atoms with Crippen LogP contribution in [-0.4, -0.2) is 34.7 Å². The molecule has 4 heteroatoms. The number of hydrogen-bond donors (Lipinski definition) is 0.